The standard InChI is InChI=1S/C23H26N4O3S/c1-2-15-31(29,30)26-19-11-9-18(10-12-19)24-23(28)20-16-17-7-3-4-8-21(17)25-22(20)27-13-5-6-14-27/h3-4,7-12,16,26H,2,5-6,13-15H2,1H3,(H,24,28). The lowest BCUT2D eigenvalue weighted by molar-refractivity contribution is 0.102. The van der Waals surface area contributed by atoms with Gasteiger partial charge >= 0.3 is 0 Å². The van der Waals surface area contributed by atoms with Crippen LogP contribution in [-0.2, 0) is 10.0 Å². The molecule has 0 bridgehead atoms. The molecule has 31 heavy (non-hydrogen) atoms. The molecule has 1 aromatic heterocycles. The molecule has 7 nitrogen and oxygen atoms in total. The van der Waals surface area contributed by atoms with E-state index >= 15 is 0 Å². The molecule has 0 spiro atoms. The Bertz CT molecular complexity index is 1190. The lowest BCUT2D eigenvalue weighted by atomic mass is 10.1. The van der Waals surface area contributed by atoms with E-state index in [9.17, 15) is 13.2 Å². The Hall–Kier alpha value is -3.13. The molecule has 162 valence electrons. The summed E-state index contributed by atoms with van der Waals surface area (Å²) in [4.78, 5) is 20.1. The van der Waals surface area contributed by atoms with E-state index in [2.05, 4.69) is 14.9 Å². The van der Waals surface area contributed by atoms with Crippen LogP contribution in [0.25, 0.3) is 10.9 Å². The number of hydrogen-bond acceptors (Lipinski definition) is 5. The predicted molar refractivity (Wildman–Crippen MR) is 125 cm³/mol. The van der Waals surface area contributed by atoms with Gasteiger partial charge in [0.25, 0.3) is 5.91 Å². The van der Waals surface area contributed by atoms with Gasteiger partial charge in [0.05, 0.1) is 16.8 Å². The third-order valence-electron chi connectivity index (χ3n) is 5.24. The van der Waals surface area contributed by atoms with Gasteiger partial charge in [-0.3, -0.25) is 9.52 Å². The zero-order valence-corrected chi connectivity index (χ0v) is 18.3. The van der Waals surface area contributed by atoms with E-state index < -0.39 is 10.0 Å². The molecule has 4 rings (SSSR count). The number of anilines is 3. The molecule has 0 atom stereocenters. The SMILES string of the molecule is CCCS(=O)(=O)Nc1ccc(NC(=O)c2cc3ccccc3nc2N2CCCC2)cc1. The first-order chi connectivity index (χ1) is 14.9. The van der Waals surface area contributed by atoms with Crippen molar-refractivity contribution in [3.8, 4) is 0 Å². The third kappa shape index (κ3) is 4.96. The second-order valence-electron chi connectivity index (χ2n) is 7.70. The molecule has 2 N–H and O–H groups in total. The highest BCUT2D eigenvalue weighted by atomic mass is 32.2. The minimum Gasteiger partial charge on any atom is -0.356 e. The van der Waals surface area contributed by atoms with E-state index in [0.717, 1.165) is 36.8 Å². The number of para-hydroxylation sites is 1. The van der Waals surface area contributed by atoms with Crippen molar-refractivity contribution in [3.05, 3.63) is 60.2 Å². The van der Waals surface area contributed by atoms with Gasteiger partial charge in [-0.15, -0.1) is 0 Å². The Morgan fingerprint density at radius 3 is 2.42 bits per heavy atom. The van der Waals surface area contributed by atoms with Gasteiger partial charge in [-0.2, -0.15) is 0 Å². The Labute approximate surface area is 182 Å². The molecule has 1 amide bonds. The van der Waals surface area contributed by atoms with Gasteiger partial charge in [0, 0.05) is 29.9 Å². The first-order valence-electron chi connectivity index (χ1n) is 10.5. The highest BCUT2D eigenvalue weighted by Crippen LogP contribution is 2.27. The second-order valence-corrected chi connectivity index (χ2v) is 9.54. The number of rotatable bonds is 7. The zero-order valence-electron chi connectivity index (χ0n) is 17.5. The maximum absolute atomic E-state index is 13.1. The molecule has 1 aliphatic heterocycles. The second kappa shape index (κ2) is 8.93. The zero-order chi connectivity index (χ0) is 21.8. The maximum Gasteiger partial charge on any atom is 0.259 e. The van der Waals surface area contributed by atoms with Gasteiger partial charge in [-0.05, 0) is 55.7 Å². The van der Waals surface area contributed by atoms with Crippen molar-refractivity contribution in [3.63, 3.8) is 0 Å². The topological polar surface area (TPSA) is 91.4 Å². The largest absolute Gasteiger partial charge is 0.356 e. The van der Waals surface area contributed by atoms with Crippen molar-refractivity contribution in [2.24, 2.45) is 0 Å². The van der Waals surface area contributed by atoms with Crippen LogP contribution in [0.3, 0.4) is 0 Å². The number of benzene rings is 2. The molecule has 0 saturated carbocycles. The highest BCUT2D eigenvalue weighted by Gasteiger charge is 2.22. The van der Waals surface area contributed by atoms with E-state index in [-0.39, 0.29) is 11.7 Å². The fourth-order valence-corrected chi connectivity index (χ4v) is 4.90. The molecular formula is C23H26N4O3S. The molecule has 0 radical (unpaired) electrons. The summed E-state index contributed by atoms with van der Waals surface area (Å²) in [5.41, 5.74) is 2.46. The number of fused-ring (bicyclic) bond motifs is 1. The Morgan fingerprint density at radius 1 is 1.03 bits per heavy atom. The summed E-state index contributed by atoms with van der Waals surface area (Å²) in [6.07, 6.45) is 2.72. The summed E-state index contributed by atoms with van der Waals surface area (Å²) in [6.45, 7) is 3.59. The first-order valence-corrected chi connectivity index (χ1v) is 12.2. The number of aromatic nitrogens is 1. The Balaban J connectivity index is 1.57. The molecule has 8 heteroatoms. The monoisotopic (exact) mass is 438 g/mol. The smallest absolute Gasteiger partial charge is 0.259 e. The normalized spacial score (nSPS) is 14.0. The van der Waals surface area contributed by atoms with E-state index in [1.54, 1.807) is 24.3 Å². The molecule has 2 heterocycles. The molecule has 0 aliphatic carbocycles. The van der Waals surface area contributed by atoms with E-state index in [0.29, 0.717) is 29.2 Å². The maximum atomic E-state index is 13.1. The van der Waals surface area contributed by atoms with Crippen LogP contribution in [0.4, 0.5) is 17.2 Å². The van der Waals surface area contributed by atoms with Crippen LogP contribution in [0.5, 0.6) is 0 Å². The third-order valence-corrected chi connectivity index (χ3v) is 6.74. The summed E-state index contributed by atoms with van der Waals surface area (Å²) < 4.78 is 26.4. The van der Waals surface area contributed by atoms with Crippen molar-refractivity contribution in [2.45, 2.75) is 26.2 Å². The number of carbonyl (C=O) groups is 1. The van der Waals surface area contributed by atoms with Crippen LogP contribution in [0.15, 0.2) is 54.6 Å². The number of amides is 1. The van der Waals surface area contributed by atoms with Gasteiger partial charge in [0.1, 0.15) is 5.82 Å². The molecule has 2 aromatic carbocycles. The van der Waals surface area contributed by atoms with Crippen molar-refractivity contribution >= 4 is 44.0 Å². The minimum atomic E-state index is -3.35. The van der Waals surface area contributed by atoms with Crippen LogP contribution in [-0.4, -0.2) is 38.2 Å². The predicted octanol–water partition coefficient (Wildman–Crippen LogP) is 4.24. The van der Waals surface area contributed by atoms with Gasteiger partial charge in [0.15, 0.2) is 0 Å². The fraction of sp³-hybridized carbons (Fsp3) is 0.304. The minimum absolute atomic E-state index is 0.0692. The fourth-order valence-electron chi connectivity index (χ4n) is 3.76. The molecular weight excluding hydrogens is 412 g/mol. The average molecular weight is 439 g/mol. The Kier molecular flexibility index (Phi) is 6.08. The van der Waals surface area contributed by atoms with Crippen LogP contribution < -0.4 is 14.9 Å². The molecule has 1 aliphatic rings. The van der Waals surface area contributed by atoms with Crippen LogP contribution in [0.2, 0.25) is 0 Å². The molecule has 3 aromatic rings. The van der Waals surface area contributed by atoms with Gasteiger partial charge in [-0.1, -0.05) is 25.1 Å². The summed E-state index contributed by atoms with van der Waals surface area (Å²) in [5.74, 6) is 0.539. The summed E-state index contributed by atoms with van der Waals surface area (Å²) >= 11 is 0. The quantitative estimate of drug-likeness (QED) is 0.576. The number of pyridine rings is 1. The lowest BCUT2D eigenvalue weighted by Crippen LogP contribution is -2.24. The lowest BCUT2D eigenvalue weighted by Gasteiger charge is -2.20. The Morgan fingerprint density at radius 2 is 1.71 bits per heavy atom. The van der Waals surface area contributed by atoms with E-state index in [1.165, 1.54) is 0 Å². The van der Waals surface area contributed by atoms with Crippen molar-refractivity contribution in [1.29, 1.82) is 0 Å². The molecule has 0 unspecified atom stereocenters. The van der Waals surface area contributed by atoms with Crippen molar-refractivity contribution < 1.29 is 13.2 Å². The first kappa shape index (κ1) is 21.1. The number of sulfonamides is 1. The van der Waals surface area contributed by atoms with Crippen LogP contribution >= 0.6 is 0 Å². The van der Waals surface area contributed by atoms with Gasteiger partial charge < -0.3 is 10.2 Å². The molecule has 1 saturated heterocycles. The van der Waals surface area contributed by atoms with Crippen LogP contribution in [0.1, 0.15) is 36.5 Å². The van der Waals surface area contributed by atoms with Crippen LogP contribution in [0, 0.1) is 0 Å². The van der Waals surface area contributed by atoms with Crippen molar-refractivity contribution in [1.82, 2.24) is 4.98 Å². The number of hydrogen-bond donors (Lipinski definition) is 2. The summed E-state index contributed by atoms with van der Waals surface area (Å²) in [5, 5.41) is 3.83. The molecule has 1 fully saturated rings. The van der Waals surface area contributed by atoms with Crippen molar-refractivity contribution in [2.75, 3.05) is 33.8 Å². The number of carbonyl (C=O) groups excluding carboxylic acids is 1. The van der Waals surface area contributed by atoms with Gasteiger partial charge in [-0.25, -0.2) is 13.4 Å². The number of nitrogens with zero attached hydrogens (tertiary/aromatic N) is 2. The summed E-state index contributed by atoms with van der Waals surface area (Å²) in [6, 6.07) is 16.3. The van der Waals surface area contributed by atoms with Gasteiger partial charge in [0.2, 0.25) is 10.0 Å². The summed E-state index contributed by atoms with van der Waals surface area (Å²) in [7, 11) is -3.35. The average Bonchev–Trinajstić information content (AvgIpc) is 3.28. The van der Waals surface area contributed by atoms with E-state index in [1.807, 2.05) is 37.3 Å². The van der Waals surface area contributed by atoms with E-state index in [4.69, 9.17) is 4.98 Å². The highest BCUT2D eigenvalue weighted by molar-refractivity contribution is 7.92. The number of nitrogens with one attached hydrogen (secondary N) is 2.